The Morgan fingerprint density at radius 3 is 2.78 bits per heavy atom. The van der Waals surface area contributed by atoms with Gasteiger partial charge in [0.15, 0.2) is 0 Å². The van der Waals surface area contributed by atoms with Gasteiger partial charge >= 0.3 is 0 Å². The van der Waals surface area contributed by atoms with Crippen LogP contribution in [0, 0.1) is 0 Å². The van der Waals surface area contributed by atoms with Gasteiger partial charge in [0.05, 0.1) is 30.9 Å². The Labute approximate surface area is 135 Å². The molecule has 124 valence electrons. The molecular formula is C17H22N2O4. The zero-order valence-corrected chi connectivity index (χ0v) is 13.3. The number of ether oxygens (including phenoxy) is 2. The minimum Gasteiger partial charge on any atom is -0.497 e. The molecule has 3 rings (SSSR count). The van der Waals surface area contributed by atoms with E-state index in [1.165, 1.54) is 0 Å². The number of hydrogen-bond acceptors (Lipinski definition) is 4. The summed E-state index contributed by atoms with van der Waals surface area (Å²) in [5.74, 6) is 0.268. The number of hydrogen-bond donors (Lipinski definition) is 2. The number of amides is 2. The maximum Gasteiger partial charge on any atom is 0.253 e. The summed E-state index contributed by atoms with van der Waals surface area (Å²) in [5.41, 5.74) is 0.934. The van der Waals surface area contributed by atoms with Crippen LogP contribution in [0.4, 0.5) is 5.69 Å². The second kappa shape index (κ2) is 7.00. The van der Waals surface area contributed by atoms with Gasteiger partial charge in [-0.15, -0.1) is 0 Å². The summed E-state index contributed by atoms with van der Waals surface area (Å²) in [7, 11) is 1.55. The van der Waals surface area contributed by atoms with Crippen molar-refractivity contribution in [1.29, 1.82) is 0 Å². The fourth-order valence-electron chi connectivity index (χ4n) is 2.65. The summed E-state index contributed by atoms with van der Waals surface area (Å²) in [6, 6.07) is 5.34. The van der Waals surface area contributed by atoms with Gasteiger partial charge in [0.2, 0.25) is 5.91 Å². The van der Waals surface area contributed by atoms with Gasteiger partial charge in [0.25, 0.3) is 5.91 Å². The van der Waals surface area contributed by atoms with Crippen molar-refractivity contribution in [3.63, 3.8) is 0 Å². The summed E-state index contributed by atoms with van der Waals surface area (Å²) in [5, 5.41) is 5.77. The van der Waals surface area contributed by atoms with E-state index in [0.29, 0.717) is 23.4 Å². The first kappa shape index (κ1) is 15.8. The van der Waals surface area contributed by atoms with Crippen molar-refractivity contribution in [2.45, 2.75) is 44.2 Å². The van der Waals surface area contributed by atoms with E-state index < -0.39 is 0 Å². The highest BCUT2D eigenvalue weighted by molar-refractivity contribution is 6.04. The van der Waals surface area contributed by atoms with Crippen molar-refractivity contribution >= 4 is 17.5 Å². The molecule has 1 aliphatic carbocycles. The lowest BCUT2D eigenvalue weighted by Crippen LogP contribution is -2.27. The molecule has 0 spiro atoms. The molecular weight excluding hydrogens is 296 g/mol. The van der Waals surface area contributed by atoms with Crippen molar-refractivity contribution in [3.05, 3.63) is 23.8 Å². The SMILES string of the molecule is COc1ccc(NC(=O)C[C@H]2CCCO2)c(C(=O)NC2CC2)c1. The zero-order chi connectivity index (χ0) is 16.2. The molecule has 6 nitrogen and oxygen atoms in total. The summed E-state index contributed by atoms with van der Waals surface area (Å²) in [6.45, 7) is 0.718. The Balaban J connectivity index is 1.70. The highest BCUT2D eigenvalue weighted by atomic mass is 16.5. The summed E-state index contributed by atoms with van der Waals surface area (Å²) < 4.78 is 10.7. The van der Waals surface area contributed by atoms with Gasteiger partial charge in [-0.3, -0.25) is 9.59 Å². The van der Waals surface area contributed by atoms with Crippen LogP contribution in [0.3, 0.4) is 0 Å². The Kier molecular flexibility index (Phi) is 4.81. The van der Waals surface area contributed by atoms with E-state index in [1.807, 2.05) is 0 Å². The van der Waals surface area contributed by atoms with Crippen molar-refractivity contribution in [3.8, 4) is 5.75 Å². The van der Waals surface area contributed by atoms with Crippen LogP contribution in [0.1, 0.15) is 42.5 Å². The Morgan fingerprint density at radius 2 is 2.13 bits per heavy atom. The molecule has 1 aromatic carbocycles. The molecule has 2 fully saturated rings. The first-order valence-corrected chi connectivity index (χ1v) is 8.06. The Morgan fingerprint density at radius 1 is 1.30 bits per heavy atom. The number of nitrogens with one attached hydrogen (secondary N) is 2. The number of benzene rings is 1. The van der Waals surface area contributed by atoms with Crippen LogP contribution < -0.4 is 15.4 Å². The molecule has 0 radical (unpaired) electrons. The summed E-state index contributed by atoms with van der Waals surface area (Å²) in [6.07, 6.45) is 4.22. The van der Waals surface area contributed by atoms with Gasteiger partial charge in [0.1, 0.15) is 5.75 Å². The van der Waals surface area contributed by atoms with Gasteiger partial charge < -0.3 is 20.1 Å². The van der Waals surface area contributed by atoms with Crippen molar-refractivity contribution in [2.24, 2.45) is 0 Å². The largest absolute Gasteiger partial charge is 0.497 e. The fourth-order valence-corrected chi connectivity index (χ4v) is 2.65. The van der Waals surface area contributed by atoms with Crippen LogP contribution >= 0.6 is 0 Å². The average molecular weight is 318 g/mol. The van der Waals surface area contributed by atoms with Crippen LogP contribution in [0.25, 0.3) is 0 Å². The second-order valence-corrected chi connectivity index (χ2v) is 6.05. The monoisotopic (exact) mass is 318 g/mol. The van der Waals surface area contributed by atoms with Gasteiger partial charge in [-0.25, -0.2) is 0 Å². The van der Waals surface area contributed by atoms with Crippen LogP contribution in [-0.4, -0.2) is 37.7 Å². The van der Waals surface area contributed by atoms with E-state index in [2.05, 4.69) is 10.6 Å². The van der Waals surface area contributed by atoms with Crippen molar-refractivity contribution in [1.82, 2.24) is 5.32 Å². The van der Waals surface area contributed by atoms with E-state index in [-0.39, 0.29) is 24.0 Å². The Bertz CT molecular complexity index is 592. The average Bonchev–Trinajstić information content (AvgIpc) is 3.21. The molecule has 1 atom stereocenters. The lowest BCUT2D eigenvalue weighted by molar-refractivity contribution is -0.118. The molecule has 0 bridgehead atoms. The van der Waals surface area contributed by atoms with E-state index in [9.17, 15) is 9.59 Å². The highest BCUT2D eigenvalue weighted by Gasteiger charge is 2.26. The standard InChI is InChI=1S/C17H22N2O4/c1-22-12-6-7-15(14(9-12)17(21)18-11-4-5-11)19-16(20)10-13-3-2-8-23-13/h6-7,9,11,13H,2-5,8,10H2,1H3,(H,18,21)(H,19,20)/t13-/m1/s1. The first-order valence-electron chi connectivity index (χ1n) is 8.06. The highest BCUT2D eigenvalue weighted by Crippen LogP contribution is 2.25. The number of methoxy groups -OCH3 is 1. The molecule has 2 N–H and O–H groups in total. The van der Waals surface area contributed by atoms with E-state index in [4.69, 9.17) is 9.47 Å². The third-order valence-electron chi connectivity index (χ3n) is 4.10. The van der Waals surface area contributed by atoms with E-state index >= 15 is 0 Å². The minimum atomic E-state index is -0.182. The third-order valence-corrected chi connectivity index (χ3v) is 4.10. The third kappa shape index (κ3) is 4.22. The normalized spacial score (nSPS) is 20.1. The van der Waals surface area contributed by atoms with E-state index in [1.54, 1.807) is 25.3 Å². The molecule has 6 heteroatoms. The van der Waals surface area contributed by atoms with Crippen molar-refractivity contribution < 1.29 is 19.1 Å². The van der Waals surface area contributed by atoms with E-state index in [0.717, 1.165) is 32.3 Å². The number of rotatable bonds is 6. The molecule has 1 saturated carbocycles. The predicted molar refractivity (Wildman–Crippen MR) is 85.7 cm³/mol. The molecule has 2 aliphatic rings. The zero-order valence-electron chi connectivity index (χ0n) is 13.3. The molecule has 23 heavy (non-hydrogen) atoms. The maximum absolute atomic E-state index is 12.4. The molecule has 1 aliphatic heterocycles. The Hall–Kier alpha value is -2.08. The van der Waals surface area contributed by atoms with Crippen LogP contribution in [0.2, 0.25) is 0 Å². The predicted octanol–water partition coefficient (Wildman–Crippen LogP) is 2.09. The van der Waals surface area contributed by atoms with Gasteiger partial charge in [-0.1, -0.05) is 0 Å². The lowest BCUT2D eigenvalue weighted by Gasteiger charge is -2.14. The van der Waals surface area contributed by atoms with Gasteiger partial charge in [-0.2, -0.15) is 0 Å². The maximum atomic E-state index is 12.4. The van der Waals surface area contributed by atoms with Crippen molar-refractivity contribution in [2.75, 3.05) is 19.0 Å². The molecule has 2 amide bonds. The fraction of sp³-hybridized carbons (Fsp3) is 0.529. The van der Waals surface area contributed by atoms with Gasteiger partial charge in [0, 0.05) is 12.6 Å². The first-order chi connectivity index (χ1) is 11.2. The molecule has 0 unspecified atom stereocenters. The molecule has 0 aromatic heterocycles. The number of carbonyl (C=O) groups is 2. The second-order valence-electron chi connectivity index (χ2n) is 6.05. The quantitative estimate of drug-likeness (QED) is 0.842. The number of carbonyl (C=O) groups excluding carboxylic acids is 2. The lowest BCUT2D eigenvalue weighted by atomic mass is 10.1. The molecule has 1 saturated heterocycles. The molecule has 1 heterocycles. The smallest absolute Gasteiger partial charge is 0.253 e. The van der Waals surface area contributed by atoms with Crippen LogP contribution in [-0.2, 0) is 9.53 Å². The van der Waals surface area contributed by atoms with Crippen LogP contribution in [0.15, 0.2) is 18.2 Å². The minimum absolute atomic E-state index is 0.0167. The van der Waals surface area contributed by atoms with Gasteiger partial charge in [-0.05, 0) is 43.9 Å². The van der Waals surface area contributed by atoms with Crippen LogP contribution in [0.5, 0.6) is 5.75 Å². The topological polar surface area (TPSA) is 76.7 Å². The molecule has 1 aromatic rings. The summed E-state index contributed by atoms with van der Waals surface area (Å²) in [4.78, 5) is 24.5. The summed E-state index contributed by atoms with van der Waals surface area (Å²) >= 11 is 0. The number of anilines is 1.